The predicted molar refractivity (Wildman–Crippen MR) is 157 cm³/mol. The largest absolute Gasteiger partial charge is 0.347 e. The summed E-state index contributed by atoms with van der Waals surface area (Å²) in [7, 11) is 1.64. The van der Waals surface area contributed by atoms with Crippen molar-refractivity contribution >= 4 is 23.4 Å². The van der Waals surface area contributed by atoms with E-state index in [-0.39, 0.29) is 49.0 Å². The van der Waals surface area contributed by atoms with Gasteiger partial charge in [-0.3, -0.25) is 24.5 Å². The summed E-state index contributed by atoms with van der Waals surface area (Å²) in [6.45, 7) is 0.241. The molecule has 2 aliphatic rings. The highest BCUT2D eigenvalue weighted by molar-refractivity contribution is 5.93. The van der Waals surface area contributed by atoms with Crippen molar-refractivity contribution in [3.63, 3.8) is 0 Å². The van der Waals surface area contributed by atoms with Crippen LogP contribution in [0.4, 0.5) is 5.69 Å². The molecule has 0 saturated heterocycles. The van der Waals surface area contributed by atoms with E-state index in [1.54, 1.807) is 24.1 Å². The number of hydrogen-bond donors (Lipinski definition) is 3. The molecule has 3 aromatic rings. The number of nitro benzene ring substituents is 1. The Kier molecular flexibility index (Phi) is 8.92. The quantitative estimate of drug-likeness (QED) is 0.268. The molecule has 0 spiro atoms. The number of carbonyl (C=O) groups excluding carboxylic acids is 3. The van der Waals surface area contributed by atoms with Crippen LogP contribution in [0.1, 0.15) is 46.7 Å². The fraction of sp³-hybridized carbons (Fsp3) is 0.344. The third kappa shape index (κ3) is 6.49. The lowest BCUT2D eigenvalue weighted by Crippen LogP contribution is -2.59. The lowest BCUT2D eigenvalue weighted by Gasteiger charge is -2.39. The second-order valence-corrected chi connectivity index (χ2v) is 10.9. The molecule has 1 aliphatic heterocycles. The van der Waals surface area contributed by atoms with Crippen molar-refractivity contribution in [2.75, 3.05) is 13.6 Å². The van der Waals surface area contributed by atoms with E-state index < -0.39 is 17.0 Å². The number of aryl methyl sites for hydroxylation is 1. The zero-order valence-electron chi connectivity index (χ0n) is 23.5. The number of nitro groups is 1. The number of likely N-dealkylation sites (N-methyl/N-ethyl adjacent to an activating group) is 1. The monoisotopic (exact) mass is 569 g/mol. The molecule has 10 nitrogen and oxygen atoms in total. The normalized spacial score (nSPS) is 18.3. The molecule has 218 valence electrons. The molecule has 3 aromatic carbocycles. The summed E-state index contributed by atoms with van der Waals surface area (Å²) >= 11 is 0. The van der Waals surface area contributed by atoms with Gasteiger partial charge in [0.1, 0.15) is 12.1 Å². The Morgan fingerprint density at radius 1 is 0.976 bits per heavy atom. The standard InChI is InChI=1S/C32H35N5O5/c1-33-19-30(38)34-28(17-21-13-15-25(16-14-21)37(41)42)32(40)36-20-24-9-3-2-8-23(24)18-29(36)31(39)35-27-12-6-10-22-7-4-5-11-26(22)27/h2-5,7-9,11,13-16,27-29,33H,6,10,12,17-20H2,1H3,(H,34,38)(H,35,39). The number of hydrogen-bond acceptors (Lipinski definition) is 6. The van der Waals surface area contributed by atoms with Gasteiger partial charge in [-0.2, -0.15) is 0 Å². The molecule has 0 bridgehead atoms. The first-order chi connectivity index (χ1) is 20.3. The summed E-state index contributed by atoms with van der Waals surface area (Å²) in [5.41, 5.74) is 4.90. The molecular weight excluding hydrogens is 534 g/mol. The van der Waals surface area contributed by atoms with Crippen molar-refractivity contribution in [3.8, 4) is 0 Å². The summed E-state index contributed by atoms with van der Waals surface area (Å²) in [4.78, 5) is 53.0. The van der Waals surface area contributed by atoms with Crippen LogP contribution in [-0.4, -0.2) is 53.2 Å². The van der Waals surface area contributed by atoms with Crippen LogP contribution >= 0.6 is 0 Å². The van der Waals surface area contributed by atoms with Crippen LogP contribution in [-0.2, 0) is 40.2 Å². The molecule has 0 saturated carbocycles. The van der Waals surface area contributed by atoms with Crippen LogP contribution in [0.25, 0.3) is 0 Å². The molecule has 1 heterocycles. The number of benzene rings is 3. The van der Waals surface area contributed by atoms with Gasteiger partial charge >= 0.3 is 0 Å². The number of nitrogens with zero attached hydrogens (tertiary/aromatic N) is 2. The Bertz CT molecular complexity index is 1470. The van der Waals surface area contributed by atoms with E-state index in [4.69, 9.17) is 0 Å². The first-order valence-electron chi connectivity index (χ1n) is 14.3. The molecule has 3 unspecified atom stereocenters. The van der Waals surface area contributed by atoms with Crippen LogP contribution in [0, 0.1) is 10.1 Å². The molecule has 10 heteroatoms. The minimum atomic E-state index is -0.969. The first-order valence-corrected chi connectivity index (χ1v) is 14.3. The lowest BCUT2D eigenvalue weighted by molar-refractivity contribution is -0.384. The molecule has 0 radical (unpaired) electrons. The molecule has 3 amide bonds. The van der Waals surface area contributed by atoms with Crippen molar-refractivity contribution in [1.82, 2.24) is 20.9 Å². The second kappa shape index (κ2) is 12.9. The van der Waals surface area contributed by atoms with Crippen LogP contribution in [0.2, 0.25) is 0 Å². The number of carbonyl (C=O) groups is 3. The summed E-state index contributed by atoms with van der Waals surface area (Å²) < 4.78 is 0. The van der Waals surface area contributed by atoms with E-state index in [9.17, 15) is 24.5 Å². The molecule has 3 atom stereocenters. The molecule has 1 aliphatic carbocycles. The zero-order valence-corrected chi connectivity index (χ0v) is 23.5. The van der Waals surface area contributed by atoms with E-state index in [0.717, 1.165) is 36.0 Å². The van der Waals surface area contributed by atoms with Crippen LogP contribution in [0.5, 0.6) is 0 Å². The number of amides is 3. The highest BCUT2D eigenvalue weighted by Crippen LogP contribution is 2.31. The Morgan fingerprint density at radius 3 is 2.38 bits per heavy atom. The third-order valence-corrected chi connectivity index (χ3v) is 8.08. The topological polar surface area (TPSA) is 134 Å². The van der Waals surface area contributed by atoms with E-state index in [1.807, 2.05) is 36.4 Å². The molecule has 5 rings (SSSR count). The summed E-state index contributed by atoms with van der Waals surface area (Å²) in [6, 6.07) is 20.0. The highest BCUT2D eigenvalue weighted by Gasteiger charge is 2.39. The van der Waals surface area contributed by atoms with E-state index >= 15 is 0 Å². The number of rotatable bonds is 9. The van der Waals surface area contributed by atoms with Crippen LogP contribution in [0.3, 0.4) is 0 Å². The van der Waals surface area contributed by atoms with Gasteiger partial charge in [-0.25, -0.2) is 0 Å². The molecular formula is C32H35N5O5. The van der Waals surface area contributed by atoms with Gasteiger partial charge in [0, 0.05) is 31.5 Å². The Labute approximate surface area is 244 Å². The maximum Gasteiger partial charge on any atom is 0.269 e. The summed E-state index contributed by atoms with van der Waals surface area (Å²) in [5.74, 6) is -0.971. The Balaban J connectivity index is 1.43. The maximum absolute atomic E-state index is 14.2. The number of nitrogens with one attached hydrogen (secondary N) is 3. The van der Waals surface area contributed by atoms with Gasteiger partial charge in [0.2, 0.25) is 17.7 Å². The van der Waals surface area contributed by atoms with Gasteiger partial charge < -0.3 is 20.9 Å². The SMILES string of the molecule is CNCC(=O)NC(Cc1ccc([N+](=O)[O-])cc1)C(=O)N1Cc2ccccc2CC1C(=O)NC1CCCc2ccccc21. The second-order valence-electron chi connectivity index (χ2n) is 10.9. The highest BCUT2D eigenvalue weighted by atomic mass is 16.6. The minimum Gasteiger partial charge on any atom is -0.347 e. The van der Waals surface area contributed by atoms with Gasteiger partial charge in [0.25, 0.3) is 5.69 Å². The number of fused-ring (bicyclic) bond motifs is 2. The van der Waals surface area contributed by atoms with Crippen LogP contribution in [0.15, 0.2) is 72.8 Å². The smallest absolute Gasteiger partial charge is 0.269 e. The van der Waals surface area contributed by atoms with Crippen molar-refractivity contribution in [2.24, 2.45) is 0 Å². The minimum absolute atomic E-state index is 0.0118. The molecule has 42 heavy (non-hydrogen) atoms. The predicted octanol–water partition coefficient (Wildman–Crippen LogP) is 2.99. The Morgan fingerprint density at radius 2 is 1.67 bits per heavy atom. The van der Waals surface area contributed by atoms with E-state index in [2.05, 4.69) is 28.1 Å². The maximum atomic E-state index is 14.2. The van der Waals surface area contributed by atoms with Gasteiger partial charge in [0.15, 0.2) is 0 Å². The average Bonchev–Trinajstić information content (AvgIpc) is 3.00. The average molecular weight is 570 g/mol. The third-order valence-electron chi connectivity index (χ3n) is 8.08. The first kappa shape index (κ1) is 28.9. The van der Waals surface area contributed by atoms with Crippen LogP contribution < -0.4 is 16.0 Å². The summed E-state index contributed by atoms with van der Waals surface area (Å²) in [5, 5.41) is 20.0. The molecule has 3 N–H and O–H groups in total. The fourth-order valence-corrected chi connectivity index (χ4v) is 5.96. The van der Waals surface area contributed by atoms with Gasteiger partial charge in [-0.1, -0.05) is 60.7 Å². The number of non-ortho nitro benzene ring substituents is 1. The van der Waals surface area contributed by atoms with E-state index in [1.165, 1.54) is 17.7 Å². The van der Waals surface area contributed by atoms with Gasteiger partial charge in [0.05, 0.1) is 17.5 Å². The Hall–Kier alpha value is -4.57. The van der Waals surface area contributed by atoms with Crippen molar-refractivity contribution < 1.29 is 19.3 Å². The summed E-state index contributed by atoms with van der Waals surface area (Å²) in [6.07, 6.45) is 3.24. The van der Waals surface area contributed by atoms with Crippen molar-refractivity contribution in [3.05, 3.63) is 111 Å². The van der Waals surface area contributed by atoms with Crippen molar-refractivity contribution in [1.29, 1.82) is 0 Å². The molecule has 0 fully saturated rings. The van der Waals surface area contributed by atoms with E-state index in [0.29, 0.717) is 12.0 Å². The van der Waals surface area contributed by atoms with Crippen molar-refractivity contribution in [2.45, 2.75) is 56.8 Å². The molecule has 0 aromatic heterocycles. The fourth-order valence-electron chi connectivity index (χ4n) is 5.96. The zero-order chi connectivity index (χ0) is 29.6. The van der Waals surface area contributed by atoms with Gasteiger partial charge in [-0.15, -0.1) is 0 Å². The lowest BCUT2D eigenvalue weighted by atomic mass is 9.87. The van der Waals surface area contributed by atoms with Gasteiger partial charge in [-0.05, 0) is 54.1 Å².